The molecule has 2 nitrogen and oxygen atoms in total. The highest BCUT2D eigenvalue weighted by atomic mass is 79.9. The Kier molecular flexibility index (Phi) is 4.36. The SMILES string of the molecule is CCCc1nc(-c2cccc(C)c2)nc(Cl)c1Br. The van der Waals surface area contributed by atoms with Crippen molar-refractivity contribution in [3.8, 4) is 11.4 Å². The van der Waals surface area contributed by atoms with Gasteiger partial charge in [0.2, 0.25) is 0 Å². The highest BCUT2D eigenvalue weighted by Crippen LogP contribution is 2.27. The fourth-order valence-electron chi connectivity index (χ4n) is 1.78. The summed E-state index contributed by atoms with van der Waals surface area (Å²) in [6.07, 6.45) is 1.92. The average molecular weight is 326 g/mol. The van der Waals surface area contributed by atoms with Crippen LogP contribution < -0.4 is 0 Å². The van der Waals surface area contributed by atoms with Crippen molar-refractivity contribution in [3.05, 3.63) is 45.1 Å². The van der Waals surface area contributed by atoms with Gasteiger partial charge in [0.15, 0.2) is 5.82 Å². The zero-order valence-electron chi connectivity index (χ0n) is 10.4. The first-order chi connectivity index (χ1) is 8.61. The van der Waals surface area contributed by atoms with E-state index in [2.05, 4.69) is 51.9 Å². The number of halogens is 2. The van der Waals surface area contributed by atoms with Crippen LogP contribution in [0.1, 0.15) is 24.6 Å². The van der Waals surface area contributed by atoms with Gasteiger partial charge in [0, 0.05) is 5.56 Å². The van der Waals surface area contributed by atoms with Crippen LogP contribution >= 0.6 is 27.5 Å². The van der Waals surface area contributed by atoms with Crippen LogP contribution in [-0.2, 0) is 6.42 Å². The predicted octanol–water partition coefficient (Wildman–Crippen LogP) is 4.82. The number of hydrogen-bond donors (Lipinski definition) is 0. The van der Waals surface area contributed by atoms with E-state index in [-0.39, 0.29) is 0 Å². The Balaban J connectivity index is 2.51. The maximum Gasteiger partial charge on any atom is 0.161 e. The quantitative estimate of drug-likeness (QED) is 0.756. The zero-order valence-corrected chi connectivity index (χ0v) is 12.7. The lowest BCUT2D eigenvalue weighted by molar-refractivity contribution is 0.868. The highest BCUT2D eigenvalue weighted by Gasteiger charge is 2.11. The molecule has 0 radical (unpaired) electrons. The summed E-state index contributed by atoms with van der Waals surface area (Å²) in [5.41, 5.74) is 3.16. The van der Waals surface area contributed by atoms with Gasteiger partial charge in [-0.15, -0.1) is 0 Å². The fourth-order valence-corrected chi connectivity index (χ4v) is 2.34. The number of aromatic nitrogens is 2. The maximum absolute atomic E-state index is 6.15. The smallest absolute Gasteiger partial charge is 0.161 e. The van der Waals surface area contributed by atoms with Gasteiger partial charge >= 0.3 is 0 Å². The molecule has 2 rings (SSSR count). The summed E-state index contributed by atoms with van der Waals surface area (Å²) < 4.78 is 0.808. The molecule has 0 fully saturated rings. The molecule has 0 aliphatic heterocycles. The van der Waals surface area contributed by atoms with Crippen molar-refractivity contribution >= 4 is 27.5 Å². The standard InChI is InChI=1S/C14H14BrClN2/c1-3-5-11-12(15)13(16)18-14(17-11)10-7-4-6-9(2)8-10/h4,6-8H,3,5H2,1-2H3. The second-order valence-corrected chi connectivity index (χ2v) is 5.37. The van der Waals surface area contributed by atoms with Crippen molar-refractivity contribution < 1.29 is 0 Å². The Morgan fingerprint density at radius 1 is 1.28 bits per heavy atom. The molecule has 0 N–H and O–H groups in total. The molecule has 2 aromatic rings. The van der Waals surface area contributed by atoms with E-state index in [1.807, 2.05) is 12.1 Å². The Morgan fingerprint density at radius 3 is 2.72 bits per heavy atom. The number of rotatable bonds is 3. The summed E-state index contributed by atoms with van der Waals surface area (Å²) >= 11 is 9.59. The van der Waals surface area contributed by atoms with Crippen molar-refractivity contribution in [2.75, 3.05) is 0 Å². The fraction of sp³-hybridized carbons (Fsp3) is 0.286. The van der Waals surface area contributed by atoms with Gasteiger partial charge < -0.3 is 0 Å². The van der Waals surface area contributed by atoms with E-state index in [4.69, 9.17) is 11.6 Å². The molecule has 0 spiro atoms. The number of hydrogen-bond acceptors (Lipinski definition) is 2. The normalized spacial score (nSPS) is 10.7. The third-order valence-electron chi connectivity index (χ3n) is 2.64. The second kappa shape index (κ2) is 5.81. The Bertz CT molecular complexity index is 570. The average Bonchev–Trinajstić information content (AvgIpc) is 2.35. The number of benzene rings is 1. The van der Waals surface area contributed by atoms with E-state index >= 15 is 0 Å². The monoisotopic (exact) mass is 324 g/mol. The van der Waals surface area contributed by atoms with Gasteiger partial charge in [0.05, 0.1) is 10.2 Å². The number of aryl methyl sites for hydroxylation is 2. The first-order valence-corrected chi connectivity index (χ1v) is 7.08. The van der Waals surface area contributed by atoms with Crippen LogP contribution in [0.3, 0.4) is 0 Å². The molecule has 0 aliphatic rings. The van der Waals surface area contributed by atoms with Gasteiger partial charge in [-0.25, -0.2) is 9.97 Å². The van der Waals surface area contributed by atoms with Crippen LogP contribution in [0.5, 0.6) is 0 Å². The molecule has 0 saturated heterocycles. The Labute approximate surface area is 121 Å². The van der Waals surface area contributed by atoms with E-state index in [1.165, 1.54) is 5.56 Å². The summed E-state index contributed by atoms with van der Waals surface area (Å²) in [6.45, 7) is 4.17. The molecule has 1 aromatic carbocycles. The van der Waals surface area contributed by atoms with E-state index in [0.717, 1.165) is 28.6 Å². The van der Waals surface area contributed by atoms with Crippen molar-refractivity contribution in [3.63, 3.8) is 0 Å². The lowest BCUT2D eigenvalue weighted by Crippen LogP contribution is -1.98. The van der Waals surface area contributed by atoms with Crippen molar-refractivity contribution in [2.24, 2.45) is 0 Å². The molecule has 0 saturated carbocycles. The first kappa shape index (κ1) is 13.5. The molecule has 0 aliphatic carbocycles. The second-order valence-electron chi connectivity index (χ2n) is 4.22. The Hall–Kier alpha value is -0.930. The van der Waals surface area contributed by atoms with Crippen LogP contribution in [0.15, 0.2) is 28.7 Å². The molecule has 18 heavy (non-hydrogen) atoms. The lowest BCUT2D eigenvalue weighted by Gasteiger charge is -2.08. The van der Waals surface area contributed by atoms with E-state index in [0.29, 0.717) is 11.0 Å². The minimum atomic E-state index is 0.477. The van der Waals surface area contributed by atoms with Crippen LogP contribution in [0.25, 0.3) is 11.4 Å². The summed E-state index contributed by atoms with van der Waals surface area (Å²) in [5, 5.41) is 0.477. The molecule has 0 unspecified atom stereocenters. The van der Waals surface area contributed by atoms with Gasteiger partial charge in [0.25, 0.3) is 0 Å². The largest absolute Gasteiger partial charge is 0.232 e. The minimum Gasteiger partial charge on any atom is -0.232 e. The maximum atomic E-state index is 6.15. The van der Waals surface area contributed by atoms with Crippen molar-refractivity contribution in [2.45, 2.75) is 26.7 Å². The third kappa shape index (κ3) is 2.90. The molecule has 1 aromatic heterocycles. The molecule has 4 heteroatoms. The van der Waals surface area contributed by atoms with Crippen LogP contribution in [0.4, 0.5) is 0 Å². The summed E-state index contributed by atoms with van der Waals surface area (Å²) in [5.74, 6) is 0.690. The molecule has 0 bridgehead atoms. The van der Waals surface area contributed by atoms with Crippen LogP contribution in [0, 0.1) is 6.92 Å². The molecule has 0 amide bonds. The first-order valence-electron chi connectivity index (χ1n) is 5.90. The van der Waals surface area contributed by atoms with Gasteiger partial charge in [-0.3, -0.25) is 0 Å². The van der Waals surface area contributed by atoms with Gasteiger partial charge in [-0.1, -0.05) is 48.7 Å². The van der Waals surface area contributed by atoms with Crippen molar-refractivity contribution in [1.29, 1.82) is 0 Å². The topological polar surface area (TPSA) is 25.8 Å². The molecule has 1 heterocycles. The van der Waals surface area contributed by atoms with E-state index < -0.39 is 0 Å². The number of nitrogens with zero attached hydrogens (tertiary/aromatic N) is 2. The highest BCUT2D eigenvalue weighted by molar-refractivity contribution is 9.10. The lowest BCUT2D eigenvalue weighted by atomic mass is 10.1. The minimum absolute atomic E-state index is 0.477. The van der Waals surface area contributed by atoms with Gasteiger partial charge in [0.1, 0.15) is 5.15 Å². The van der Waals surface area contributed by atoms with Gasteiger partial charge in [-0.05, 0) is 35.3 Å². The van der Waals surface area contributed by atoms with Gasteiger partial charge in [-0.2, -0.15) is 0 Å². The van der Waals surface area contributed by atoms with Crippen LogP contribution in [0.2, 0.25) is 5.15 Å². The van der Waals surface area contributed by atoms with Crippen LogP contribution in [-0.4, -0.2) is 9.97 Å². The molecule has 0 atom stereocenters. The summed E-state index contributed by atoms with van der Waals surface area (Å²) in [7, 11) is 0. The summed E-state index contributed by atoms with van der Waals surface area (Å²) in [6, 6.07) is 8.12. The van der Waals surface area contributed by atoms with E-state index in [1.54, 1.807) is 0 Å². The summed E-state index contributed by atoms with van der Waals surface area (Å²) in [4.78, 5) is 8.93. The zero-order chi connectivity index (χ0) is 13.1. The van der Waals surface area contributed by atoms with Crippen molar-refractivity contribution in [1.82, 2.24) is 9.97 Å². The third-order valence-corrected chi connectivity index (χ3v) is 3.98. The molecular formula is C14H14BrClN2. The molecule has 94 valence electrons. The Morgan fingerprint density at radius 2 is 2.06 bits per heavy atom. The predicted molar refractivity (Wildman–Crippen MR) is 78.9 cm³/mol. The van der Waals surface area contributed by atoms with E-state index in [9.17, 15) is 0 Å². The molecular weight excluding hydrogens is 312 g/mol.